The molecule has 0 fully saturated rings. The van der Waals surface area contributed by atoms with E-state index in [1.54, 1.807) is 22.3 Å². The van der Waals surface area contributed by atoms with E-state index in [9.17, 15) is 0 Å². The van der Waals surface area contributed by atoms with E-state index in [0.717, 1.165) is 0 Å². The molecule has 0 atom stereocenters. The van der Waals surface area contributed by atoms with E-state index in [2.05, 4.69) is 13.8 Å². The number of allylic oxidation sites excluding steroid dienone is 4. The SMILES string of the molecule is CC1=C(C)C2=C(CCC2)C1. The Labute approximate surface area is 62.6 Å². The maximum atomic E-state index is 2.28. The van der Waals surface area contributed by atoms with Crippen molar-refractivity contribution in [3.63, 3.8) is 0 Å². The van der Waals surface area contributed by atoms with Crippen molar-refractivity contribution in [1.82, 2.24) is 0 Å². The van der Waals surface area contributed by atoms with Gasteiger partial charge in [-0.1, -0.05) is 11.1 Å². The first-order chi connectivity index (χ1) is 4.79. The van der Waals surface area contributed by atoms with Crippen molar-refractivity contribution < 1.29 is 0 Å². The minimum absolute atomic E-state index is 1.29. The Bertz CT molecular complexity index is 228. The van der Waals surface area contributed by atoms with Gasteiger partial charge in [-0.3, -0.25) is 0 Å². The van der Waals surface area contributed by atoms with Crippen LogP contribution < -0.4 is 0 Å². The summed E-state index contributed by atoms with van der Waals surface area (Å²) in [5.41, 5.74) is 6.67. The van der Waals surface area contributed by atoms with Crippen LogP contribution in [0.3, 0.4) is 0 Å². The molecule has 0 spiro atoms. The highest BCUT2D eigenvalue weighted by Gasteiger charge is 2.22. The lowest BCUT2D eigenvalue weighted by Crippen LogP contribution is -1.79. The predicted molar refractivity (Wildman–Crippen MR) is 43.9 cm³/mol. The Kier molecular flexibility index (Phi) is 1.23. The first-order valence-electron chi connectivity index (χ1n) is 4.16. The molecule has 0 saturated carbocycles. The van der Waals surface area contributed by atoms with Crippen LogP contribution in [0.25, 0.3) is 0 Å². The second kappa shape index (κ2) is 1.98. The number of hydrogen-bond acceptors (Lipinski definition) is 0. The second-order valence-electron chi connectivity index (χ2n) is 3.52. The molecule has 0 nitrogen and oxygen atoms in total. The topological polar surface area (TPSA) is 0 Å². The quantitative estimate of drug-likeness (QED) is 0.477. The van der Waals surface area contributed by atoms with Gasteiger partial charge in [-0.2, -0.15) is 0 Å². The summed E-state index contributed by atoms with van der Waals surface area (Å²) < 4.78 is 0. The fourth-order valence-corrected chi connectivity index (χ4v) is 2.16. The molecule has 0 heterocycles. The molecule has 2 aliphatic rings. The summed E-state index contributed by atoms with van der Waals surface area (Å²) in [6, 6.07) is 0. The molecule has 2 aliphatic carbocycles. The number of rotatable bonds is 0. The van der Waals surface area contributed by atoms with Gasteiger partial charge in [0, 0.05) is 0 Å². The third kappa shape index (κ3) is 0.681. The fraction of sp³-hybridized carbons (Fsp3) is 0.600. The van der Waals surface area contributed by atoms with E-state index >= 15 is 0 Å². The van der Waals surface area contributed by atoms with E-state index in [1.165, 1.54) is 25.7 Å². The van der Waals surface area contributed by atoms with Gasteiger partial charge in [-0.15, -0.1) is 0 Å². The van der Waals surface area contributed by atoms with Gasteiger partial charge in [-0.25, -0.2) is 0 Å². The highest BCUT2D eigenvalue weighted by atomic mass is 14.3. The normalized spacial score (nSPS) is 24.6. The average Bonchev–Trinajstić information content (AvgIpc) is 2.41. The van der Waals surface area contributed by atoms with Crippen LogP contribution in [0, 0.1) is 0 Å². The molecule has 0 saturated heterocycles. The summed E-state index contributed by atoms with van der Waals surface area (Å²) >= 11 is 0. The Morgan fingerprint density at radius 2 is 1.90 bits per heavy atom. The summed E-state index contributed by atoms with van der Waals surface area (Å²) in [6.07, 6.45) is 5.44. The molecular weight excluding hydrogens is 120 g/mol. The van der Waals surface area contributed by atoms with Crippen LogP contribution in [-0.2, 0) is 0 Å². The summed E-state index contributed by atoms with van der Waals surface area (Å²) in [7, 11) is 0. The average molecular weight is 134 g/mol. The Morgan fingerprint density at radius 1 is 1.10 bits per heavy atom. The Balaban J connectivity index is 2.37. The number of hydrogen-bond donors (Lipinski definition) is 0. The molecule has 10 heavy (non-hydrogen) atoms. The molecule has 0 radical (unpaired) electrons. The van der Waals surface area contributed by atoms with Crippen molar-refractivity contribution in [2.45, 2.75) is 39.5 Å². The zero-order valence-corrected chi connectivity index (χ0v) is 6.83. The van der Waals surface area contributed by atoms with Gasteiger partial charge < -0.3 is 0 Å². The van der Waals surface area contributed by atoms with Crippen molar-refractivity contribution in [3.8, 4) is 0 Å². The smallest absolute Gasteiger partial charge is 0.00995 e. The first-order valence-corrected chi connectivity index (χ1v) is 4.16. The summed E-state index contributed by atoms with van der Waals surface area (Å²) in [4.78, 5) is 0. The van der Waals surface area contributed by atoms with Crippen molar-refractivity contribution >= 4 is 0 Å². The lowest BCUT2D eigenvalue weighted by Gasteiger charge is -1.99. The standard InChI is InChI=1S/C10H14/c1-7-6-9-4-3-5-10(9)8(7)2/h3-6H2,1-2H3. The molecule has 0 N–H and O–H groups in total. The maximum absolute atomic E-state index is 2.28. The Hall–Kier alpha value is -0.520. The Morgan fingerprint density at radius 3 is 2.60 bits per heavy atom. The van der Waals surface area contributed by atoms with Crippen LogP contribution in [0.2, 0.25) is 0 Å². The molecule has 0 bridgehead atoms. The van der Waals surface area contributed by atoms with Gasteiger partial charge in [0.15, 0.2) is 0 Å². The highest BCUT2D eigenvalue weighted by Crippen LogP contribution is 2.41. The van der Waals surface area contributed by atoms with Gasteiger partial charge >= 0.3 is 0 Å². The van der Waals surface area contributed by atoms with E-state index in [4.69, 9.17) is 0 Å². The van der Waals surface area contributed by atoms with Crippen LogP contribution in [-0.4, -0.2) is 0 Å². The summed E-state index contributed by atoms with van der Waals surface area (Å²) in [6.45, 7) is 4.55. The van der Waals surface area contributed by atoms with E-state index in [0.29, 0.717) is 0 Å². The minimum Gasteiger partial charge on any atom is -0.0661 e. The predicted octanol–water partition coefficient (Wildman–Crippen LogP) is 3.21. The van der Waals surface area contributed by atoms with Crippen LogP contribution in [0.4, 0.5) is 0 Å². The molecule has 0 aromatic heterocycles. The van der Waals surface area contributed by atoms with E-state index in [-0.39, 0.29) is 0 Å². The third-order valence-corrected chi connectivity index (χ3v) is 2.90. The van der Waals surface area contributed by atoms with Crippen LogP contribution in [0.5, 0.6) is 0 Å². The maximum Gasteiger partial charge on any atom is -0.00995 e. The lowest BCUT2D eigenvalue weighted by molar-refractivity contribution is 0.864. The van der Waals surface area contributed by atoms with E-state index in [1.807, 2.05) is 0 Å². The molecule has 54 valence electrons. The van der Waals surface area contributed by atoms with Crippen molar-refractivity contribution in [3.05, 3.63) is 22.3 Å². The molecule has 0 heteroatoms. The van der Waals surface area contributed by atoms with Crippen LogP contribution in [0.1, 0.15) is 39.5 Å². The first kappa shape index (κ1) is 6.21. The zero-order valence-electron chi connectivity index (χ0n) is 6.83. The van der Waals surface area contributed by atoms with Crippen molar-refractivity contribution in [2.24, 2.45) is 0 Å². The monoisotopic (exact) mass is 134 g/mol. The molecule has 0 unspecified atom stereocenters. The third-order valence-electron chi connectivity index (χ3n) is 2.90. The molecule has 0 aliphatic heterocycles. The van der Waals surface area contributed by atoms with Gasteiger partial charge in [0.2, 0.25) is 0 Å². The van der Waals surface area contributed by atoms with E-state index < -0.39 is 0 Å². The summed E-state index contributed by atoms with van der Waals surface area (Å²) in [5.74, 6) is 0. The highest BCUT2D eigenvalue weighted by molar-refractivity contribution is 5.47. The van der Waals surface area contributed by atoms with Gasteiger partial charge in [0.05, 0.1) is 0 Å². The molecular formula is C10H14. The zero-order chi connectivity index (χ0) is 7.14. The van der Waals surface area contributed by atoms with Crippen molar-refractivity contribution in [1.29, 1.82) is 0 Å². The van der Waals surface area contributed by atoms with Gasteiger partial charge in [0.1, 0.15) is 0 Å². The minimum atomic E-state index is 1.29. The largest absolute Gasteiger partial charge is 0.0661 e. The molecule has 0 aromatic carbocycles. The van der Waals surface area contributed by atoms with Crippen molar-refractivity contribution in [2.75, 3.05) is 0 Å². The lowest BCUT2D eigenvalue weighted by atomic mass is 10.1. The molecule has 2 rings (SSSR count). The molecule has 0 aromatic rings. The van der Waals surface area contributed by atoms with Gasteiger partial charge in [0.25, 0.3) is 0 Å². The fourth-order valence-electron chi connectivity index (χ4n) is 2.16. The van der Waals surface area contributed by atoms with Crippen LogP contribution in [0.15, 0.2) is 22.3 Å². The summed E-state index contributed by atoms with van der Waals surface area (Å²) in [5, 5.41) is 0. The second-order valence-corrected chi connectivity index (χ2v) is 3.52. The molecule has 0 amide bonds. The van der Waals surface area contributed by atoms with Gasteiger partial charge in [-0.05, 0) is 50.7 Å². The van der Waals surface area contributed by atoms with Crippen LogP contribution >= 0.6 is 0 Å².